The maximum absolute atomic E-state index is 11.0. The van der Waals surface area contributed by atoms with E-state index in [4.69, 9.17) is 25.0 Å². The molecule has 0 aliphatic carbocycles. The van der Waals surface area contributed by atoms with E-state index in [1.54, 1.807) is 0 Å². The molecule has 5 N–H and O–H groups in total. The van der Waals surface area contributed by atoms with Crippen LogP contribution in [0.5, 0.6) is 0 Å². The van der Waals surface area contributed by atoms with Gasteiger partial charge in [0.25, 0.3) is 10.1 Å². The number of nitrogens with zero attached hydrogens (tertiary/aromatic N) is 1. The minimum atomic E-state index is -4.27. The largest absolute Gasteiger partial charge is 1.00 e. The van der Waals surface area contributed by atoms with Crippen LogP contribution in [0.3, 0.4) is 0 Å². The first-order chi connectivity index (χ1) is 7.69. The van der Waals surface area contributed by atoms with E-state index in [2.05, 4.69) is 4.99 Å². The third-order valence-corrected chi connectivity index (χ3v) is 2.47. The molecule has 0 aliphatic heterocycles. The van der Waals surface area contributed by atoms with Crippen LogP contribution in [0, 0.1) is 0 Å². The Labute approximate surface area is 126 Å². The van der Waals surface area contributed by atoms with Gasteiger partial charge in [-0.05, 0) is 5.90 Å². The van der Waals surface area contributed by atoms with Gasteiger partial charge in [-0.2, -0.15) is 8.42 Å². The normalized spacial score (nSPS) is 17.7. The quantitative estimate of drug-likeness (QED) is 0.133. The fraction of sp³-hybridized carbons (Fsp3) is 0.857. The van der Waals surface area contributed by atoms with Crippen molar-refractivity contribution in [2.45, 2.75) is 18.3 Å². The summed E-state index contributed by atoms with van der Waals surface area (Å²) in [4.78, 5) is 3.07. The summed E-state index contributed by atoms with van der Waals surface area (Å²) in [5.74, 6) is -2.06. The summed E-state index contributed by atoms with van der Waals surface area (Å²) in [6, 6.07) is 0. The van der Waals surface area contributed by atoms with E-state index in [0.29, 0.717) is 0 Å². The van der Waals surface area contributed by atoms with E-state index < -0.39 is 53.2 Å². The molecule has 0 amide bonds. The number of hydrogen-bond acceptors (Lipinski definition) is 8. The first-order valence-electron chi connectivity index (χ1n) is 4.50. The van der Waals surface area contributed by atoms with Crippen molar-refractivity contribution in [1.82, 2.24) is 0 Å². The standard InChI is InChI=1S/C7H15NO8S.Na/c9-3-4(10)5(11)6(12)7(13)8-1-2-17(14,15)16;/h4-6,9-12H,1-3H2,(H,8,13)(H,14,15,16);/q;+1/p-1/t4-,5-,6+;/m1./s1. The van der Waals surface area contributed by atoms with Gasteiger partial charge in [-0.15, -0.1) is 0 Å². The number of hydrogen-bond donors (Lipinski definition) is 5. The van der Waals surface area contributed by atoms with Gasteiger partial charge in [0, 0.05) is 0 Å². The van der Waals surface area contributed by atoms with Crippen LogP contribution >= 0.6 is 0 Å². The van der Waals surface area contributed by atoms with E-state index in [-0.39, 0.29) is 29.6 Å². The van der Waals surface area contributed by atoms with Crippen molar-refractivity contribution in [1.29, 1.82) is 0 Å². The molecule has 0 rings (SSSR count). The number of aliphatic imine (C=N–C) groups is 1. The SMILES string of the molecule is O=S(=O)(O)CCN=C([O-])[C@@H](O)[C@H](O)[C@H](O)CO.[Na+]. The molecular weight excluding hydrogens is 281 g/mol. The molecule has 0 bridgehead atoms. The smallest absolute Gasteiger partial charge is 0.860 e. The van der Waals surface area contributed by atoms with Crippen LogP contribution in [-0.4, -0.2) is 76.5 Å². The number of aliphatic hydroxyl groups is 4. The molecule has 0 saturated carbocycles. The Bertz CT molecular complexity index is 358. The van der Waals surface area contributed by atoms with Crippen molar-refractivity contribution < 1.29 is 68.1 Å². The van der Waals surface area contributed by atoms with E-state index >= 15 is 0 Å². The van der Waals surface area contributed by atoms with Crippen LogP contribution in [0.4, 0.5) is 0 Å². The van der Waals surface area contributed by atoms with Gasteiger partial charge in [0.05, 0.1) is 18.9 Å². The molecule has 0 fully saturated rings. The average Bonchev–Trinajstić information content (AvgIpc) is 2.24. The first kappa shape index (κ1) is 20.5. The van der Waals surface area contributed by atoms with Crippen LogP contribution < -0.4 is 34.7 Å². The first-order valence-corrected chi connectivity index (χ1v) is 6.11. The molecule has 0 aromatic heterocycles. The minimum Gasteiger partial charge on any atom is -0.860 e. The predicted octanol–water partition coefficient (Wildman–Crippen LogP) is -7.29. The predicted molar refractivity (Wildman–Crippen MR) is 53.8 cm³/mol. The van der Waals surface area contributed by atoms with Gasteiger partial charge in [0.15, 0.2) is 0 Å². The van der Waals surface area contributed by atoms with Crippen LogP contribution in [0.1, 0.15) is 0 Å². The summed E-state index contributed by atoms with van der Waals surface area (Å²) in [6.07, 6.45) is -5.72. The second-order valence-corrected chi connectivity index (χ2v) is 4.76. The Morgan fingerprint density at radius 2 is 1.78 bits per heavy atom. The Kier molecular flexibility index (Phi) is 10.5. The van der Waals surface area contributed by atoms with Crippen molar-refractivity contribution in [3.8, 4) is 0 Å². The number of rotatable bonds is 7. The molecule has 0 aromatic rings. The fourth-order valence-corrected chi connectivity index (χ4v) is 1.15. The maximum atomic E-state index is 11.0. The molecule has 0 saturated heterocycles. The van der Waals surface area contributed by atoms with Crippen molar-refractivity contribution in [3.05, 3.63) is 0 Å². The summed E-state index contributed by atoms with van der Waals surface area (Å²) >= 11 is 0. The van der Waals surface area contributed by atoms with E-state index in [1.807, 2.05) is 0 Å². The molecule has 0 aliphatic rings. The molecule has 0 heterocycles. The second-order valence-electron chi connectivity index (χ2n) is 3.19. The van der Waals surface area contributed by atoms with Gasteiger partial charge in [-0.1, -0.05) is 0 Å². The Hall–Kier alpha value is 0.220. The minimum absolute atomic E-state index is 0. The van der Waals surface area contributed by atoms with Crippen LogP contribution in [0.25, 0.3) is 0 Å². The molecule has 0 radical (unpaired) electrons. The van der Waals surface area contributed by atoms with Crippen LogP contribution in [-0.2, 0) is 10.1 Å². The van der Waals surface area contributed by atoms with Crippen molar-refractivity contribution >= 4 is 16.0 Å². The van der Waals surface area contributed by atoms with Crippen molar-refractivity contribution in [3.63, 3.8) is 0 Å². The second kappa shape index (κ2) is 9.18. The molecule has 11 heteroatoms. The fourth-order valence-electron chi connectivity index (χ4n) is 0.829. The van der Waals surface area contributed by atoms with E-state index in [1.165, 1.54) is 0 Å². The third-order valence-electron chi connectivity index (χ3n) is 1.77. The van der Waals surface area contributed by atoms with Crippen LogP contribution in [0.2, 0.25) is 0 Å². The van der Waals surface area contributed by atoms with Crippen molar-refractivity contribution in [2.24, 2.45) is 4.99 Å². The van der Waals surface area contributed by atoms with Gasteiger partial charge in [0.1, 0.15) is 18.3 Å². The molecule has 3 atom stereocenters. The zero-order chi connectivity index (χ0) is 13.6. The molecule has 0 spiro atoms. The molecule has 0 unspecified atom stereocenters. The van der Waals surface area contributed by atoms with Gasteiger partial charge < -0.3 is 30.5 Å². The van der Waals surface area contributed by atoms with Crippen LogP contribution in [0.15, 0.2) is 4.99 Å². The summed E-state index contributed by atoms with van der Waals surface area (Å²) in [5, 5.41) is 46.6. The summed E-state index contributed by atoms with van der Waals surface area (Å²) < 4.78 is 28.9. The Balaban J connectivity index is 0. The Morgan fingerprint density at radius 1 is 1.28 bits per heavy atom. The average molecular weight is 295 g/mol. The summed E-state index contributed by atoms with van der Waals surface area (Å²) in [5.41, 5.74) is 0. The van der Waals surface area contributed by atoms with Gasteiger partial charge in [-0.25, -0.2) is 0 Å². The number of aliphatic hydroxyl groups excluding tert-OH is 4. The van der Waals surface area contributed by atoms with Gasteiger partial charge >= 0.3 is 29.6 Å². The molecule has 0 aromatic carbocycles. The van der Waals surface area contributed by atoms with Gasteiger partial charge in [-0.3, -0.25) is 4.55 Å². The summed E-state index contributed by atoms with van der Waals surface area (Å²) in [6.45, 7) is -1.45. The molecular formula is C7H14NNaO8S. The molecule has 18 heavy (non-hydrogen) atoms. The Morgan fingerprint density at radius 3 is 2.17 bits per heavy atom. The topological polar surface area (TPSA) is 171 Å². The van der Waals surface area contributed by atoms with E-state index in [9.17, 15) is 13.5 Å². The monoisotopic (exact) mass is 295 g/mol. The van der Waals surface area contributed by atoms with Gasteiger partial charge in [0.2, 0.25) is 0 Å². The zero-order valence-electron chi connectivity index (χ0n) is 9.67. The molecule has 102 valence electrons. The molecule has 9 nitrogen and oxygen atoms in total. The zero-order valence-corrected chi connectivity index (χ0v) is 12.5. The van der Waals surface area contributed by atoms with E-state index in [0.717, 1.165) is 0 Å². The summed E-state index contributed by atoms with van der Waals surface area (Å²) in [7, 11) is -4.27. The van der Waals surface area contributed by atoms with Crippen molar-refractivity contribution in [2.75, 3.05) is 18.9 Å². The maximum Gasteiger partial charge on any atom is 1.00 e. The third kappa shape index (κ3) is 8.34.